The molecule has 1 heterocycles. The second-order valence-electron chi connectivity index (χ2n) is 5.48. The molecule has 4 aromatic rings. The summed E-state index contributed by atoms with van der Waals surface area (Å²) in [7, 11) is 0. The van der Waals surface area contributed by atoms with E-state index in [2.05, 4.69) is 17.1 Å². The summed E-state index contributed by atoms with van der Waals surface area (Å²) in [4.78, 5) is 16.6. The van der Waals surface area contributed by atoms with Crippen molar-refractivity contribution in [2.24, 2.45) is 0 Å². The molecule has 0 unspecified atom stereocenters. The van der Waals surface area contributed by atoms with Crippen LogP contribution in [0.25, 0.3) is 22.2 Å². The van der Waals surface area contributed by atoms with E-state index in [9.17, 15) is 4.79 Å². The van der Waals surface area contributed by atoms with Crippen LogP contribution in [0.3, 0.4) is 0 Å². The maximum atomic E-state index is 13.1. The fraction of sp³-hybridized carbons (Fsp3) is 0. The van der Waals surface area contributed by atoms with E-state index in [1.165, 1.54) is 4.46 Å². The van der Waals surface area contributed by atoms with Gasteiger partial charge in [0, 0.05) is 0 Å². The number of pyridine rings is 1. The zero-order chi connectivity index (χ0) is 16.4. The third-order valence-electron chi connectivity index (χ3n) is 3.89. The summed E-state index contributed by atoms with van der Waals surface area (Å²) in [5, 5.41) is 0.755. The summed E-state index contributed by atoms with van der Waals surface area (Å²) in [6.45, 7) is 0. The van der Waals surface area contributed by atoms with Crippen molar-refractivity contribution in [1.29, 1.82) is 0 Å². The van der Waals surface area contributed by atoms with Crippen LogP contribution >= 0.6 is 0 Å². The number of nitrogens with one attached hydrogen (secondary N) is 1. The van der Waals surface area contributed by atoms with Gasteiger partial charge < -0.3 is 0 Å². The predicted molar refractivity (Wildman–Crippen MR) is 101 cm³/mol. The number of rotatable bonds is 3. The van der Waals surface area contributed by atoms with E-state index in [4.69, 9.17) is 0 Å². The van der Waals surface area contributed by atoms with Gasteiger partial charge in [0.05, 0.1) is 0 Å². The number of H-pyrrole nitrogens is 1. The van der Waals surface area contributed by atoms with E-state index >= 15 is 0 Å². The SMILES string of the molecule is O=c1c([Se]c2ccccc2)c(-c2ccccc2)[nH]c2ccccc12. The summed E-state index contributed by atoms with van der Waals surface area (Å²) in [5.74, 6) is 0. The Labute approximate surface area is 146 Å². The molecule has 0 atom stereocenters. The molecule has 0 amide bonds. The zero-order valence-corrected chi connectivity index (χ0v) is 14.6. The van der Waals surface area contributed by atoms with Crippen LogP contribution in [-0.2, 0) is 0 Å². The molecule has 0 fully saturated rings. The number of para-hydroxylation sites is 1. The van der Waals surface area contributed by atoms with Crippen LogP contribution < -0.4 is 14.4 Å². The van der Waals surface area contributed by atoms with Crippen LogP contribution in [-0.4, -0.2) is 19.9 Å². The monoisotopic (exact) mass is 377 g/mol. The van der Waals surface area contributed by atoms with Crippen LogP contribution in [0.15, 0.2) is 89.7 Å². The van der Waals surface area contributed by atoms with Crippen LogP contribution in [0.5, 0.6) is 0 Å². The molecule has 0 aliphatic carbocycles. The molecule has 3 heteroatoms. The van der Waals surface area contributed by atoms with E-state index in [0.29, 0.717) is 0 Å². The Morgan fingerprint density at radius 1 is 0.708 bits per heavy atom. The van der Waals surface area contributed by atoms with Gasteiger partial charge in [-0.05, 0) is 0 Å². The number of benzene rings is 3. The van der Waals surface area contributed by atoms with Gasteiger partial charge in [0.25, 0.3) is 0 Å². The summed E-state index contributed by atoms with van der Waals surface area (Å²) >= 11 is -0.0515. The van der Waals surface area contributed by atoms with E-state index in [1.54, 1.807) is 0 Å². The molecule has 0 saturated heterocycles. The second kappa shape index (κ2) is 6.48. The van der Waals surface area contributed by atoms with Gasteiger partial charge in [-0.25, -0.2) is 0 Å². The number of aromatic amines is 1. The van der Waals surface area contributed by atoms with Crippen molar-refractivity contribution in [2.75, 3.05) is 0 Å². The van der Waals surface area contributed by atoms with Crippen molar-refractivity contribution in [3.63, 3.8) is 0 Å². The van der Waals surface area contributed by atoms with Crippen molar-refractivity contribution < 1.29 is 0 Å². The van der Waals surface area contributed by atoms with Crippen LogP contribution in [0.2, 0.25) is 0 Å². The molecule has 1 aromatic heterocycles. The predicted octanol–water partition coefficient (Wildman–Crippen LogP) is 2.85. The Morgan fingerprint density at radius 3 is 2.08 bits per heavy atom. The van der Waals surface area contributed by atoms with Gasteiger partial charge in [-0.15, -0.1) is 0 Å². The van der Waals surface area contributed by atoms with E-state index in [1.807, 2.05) is 72.8 Å². The van der Waals surface area contributed by atoms with E-state index in [-0.39, 0.29) is 20.4 Å². The molecule has 3 aromatic carbocycles. The third-order valence-corrected chi connectivity index (χ3v) is 6.20. The Kier molecular flexibility index (Phi) is 4.04. The molecule has 0 spiro atoms. The van der Waals surface area contributed by atoms with Crippen molar-refractivity contribution in [2.45, 2.75) is 0 Å². The summed E-state index contributed by atoms with van der Waals surface area (Å²) < 4.78 is 2.07. The first kappa shape index (κ1) is 14.9. The van der Waals surface area contributed by atoms with Gasteiger partial charge >= 0.3 is 146 Å². The molecular formula is C21H15NOSe. The number of hydrogen-bond acceptors (Lipinski definition) is 1. The fourth-order valence-electron chi connectivity index (χ4n) is 2.73. The molecule has 0 saturated carbocycles. The van der Waals surface area contributed by atoms with Gasteiger partial charge in [0.2, 0.25) is 0 Å². The Balaban J connectivity index is 1.98. The number of hydrogen-bond donors (Lipinski definition) is 1. The summed E-state index contributed by atoms with van der Waals surface area (Å²) in [6.07, 6.45) is 0. The van der Waals surface area contributed by atoms with Crippen molar-refractivity contribution in [3.05, 3.63) is 95.2 Å². The fourth-order valence-corrected chi connectivity index (χ4v) is 4.83. The van der Waals surface area contributed by atoms with Crippen LogP contribution in [0, 0.1) is 0 Å². The van der Waals surface area contributed by atoms with Gasteiger partial charge in [-0.2, -0.15) is 0 Å². The van der Waals surface area contributed by atoms with E-state index < -0.39 is 0 Å². The molecule has 2 nitrogen and oxygen atoms in total. The molecule has 1 N–H and O–H groups in total. The van der Waals surface area contributed by atoms with Crippen LogP contribution in [0.1, 0.15) is 0 Å². The van der Waals surface area contributed by atoms with Gasteiger partial charge in [0.15, 0.2) is 0 Å². The first-order valence-electron chi connectivity index (χ1n) is 7.76. The minimum atomic E-state index is -0.0515. The Bertz CT molecular complexity index is 1040. The van der Waals surface area contributed by atoms with Crippen molar-refractivity contribution >= 4 is 34.8 Å². The number of aromatic nitrogens is 1. The first-order valence-corrected chi connectivity index (χ1v) is 9.47. The normalized spacial score (nSPS) is 10.8. The van der Waals surface area contributed by atoms with Gasteiger partial charge in [-0.1, -0.05) is 0 Å². The molecule has 0 radical (unpaired) electrons. The van der Waals surface area contributed by atoms with Crippen molar-refractivity contribution in [1.82, 2.24) is 4.98 Å². The van der Waals surface area contributed by atoms with Crippen LogP contribution in [0.4, 0.5) is 0 Å². The first-order chi connectivity index (χ1) is 11.8. The van der Waals surface area contributed by atoms with E-state index in [0.717, 1.165) is 26.6 Å². The maximum absolute atomic E-state index is 13.1. The molecule has 116 valence electrons. The zero-order valence-electron chi connectivity index (χ0n) is 12.9. The van der Waals surface area contributed by atoms with Gasteiger partial charge in [0.1, 0.15) is 0 Å². The average molecular weight is 376 g/mol. The Morgan fingerprint density at radius 2 is 1.33 bits per heavy atom. The molecular weight excluding hydrogens is 361 g/mol. The van der Waals surface area contributed by atoms with Crippen molar-refractivity contribution in [3.8, 4) is 11.3 Å². The standard InChI is InChI=1S/C21H15NOSe/c23-20-17-13-7-8-14-18(17)22-19(15-9-3-1-4-10-15)21(20)24-16-11-5-2-6-12-16/h1-14H,(H,22,23). The molecule has 24 heavy (non-hydrogen) atoms. The second-order valence-corrected chi connectivity index (χ2v) is 7.76. The molecule has 4 rings (SSSR count). The molecule has 0 bridgehead atoms. The Hall–Kier alpha value is -2.61. The van der Waals surface area contributed by atoms with Gasteiger partial charge in [-0.3, -0.25) is 0 Å². The quantitative estimate of drug-likeness (QED) is 0.548. The third kappa shape index (κ3) is 2.80. The summed E-state index contributed by atoms with van der Waals surface area (Å²) in [6, 6.07) is 28.0. The molecule has 0 aliphatic rings. The number of fused-ring (bicyclic) bond motifs is 1. The topological polar surface area (TPSA) is 32.9 Å². The minimum absolute atomic E-state index is 0.0515. The molecule has 0 aliphatic heterocycles. The average Bonchev–Trinajstić information content (AvgIpc) is 2.65. The summed E-state index contributed by atoms with van der Waals surface area (Å²) in [5.41, 5.74) is 3.00.